The molecule has 1 aliphatic rings. The van der Waals surface area contributed by atoms with Crippen LogP contribution in [0.3, 0.4) is 0 Å². The van der Waals surface area contributed by atoms with Gasteiger partial charge in [-0.25, -0.2) is 13.8 Å². The van der Waals surface area contributed by atoms with E-state index in [0.717, 1.165) is 25.2 Å². The van der Waals surface area contributed by atoms with Crippen LogP contribution in [0.5, 0.6) is 0 Å². The summed E-state index contributed by atoms with van der Waals surface area (Å²) in [4.78, 5) is 20.6. The minimum Gasteiger partial charge on any atom is -0.467 e. The first-order valence-corrected chi connectivity index (χ1v) is 9.70. The van der Waals surface area contributed by atoms with Gasteiger partial charge in [-0.3, -0.25) is 14.6 Å². The van der Waals surface area contributed by atoms with Gasteiger partial charge in [-0.1, -0.05) is 0 Å². The van der Waals surface area contributed by atoms with Crippen LogP contribution in [0.4, 0.5) is 8.78 Å². The number of halogens is 2. The first-order chi connectivity index (χ1) is 14.6. The number of benzene rings is 1. The van der Waals surface area contributed by atoms with Gasteiger partial charge in [0.15, 0.2) is 5.69 Å². The second-order valence-corrected chi connectivity index (χ2v) is 7.18. The van der Waals surface area contributed by atoms with Crippen LogP contribution in [-0.4, -0.2) is 46.9 Å². The molecule has 1 aromatic carbocycles. The van der Waals surface area contributed by atoms with Gasteiger partial charge in [-0.15, -0.1) is 0 Å². The van der Waals surface area contributed by atoms with Crippen molar-refractivity contribution >= 4 is 5.91 Å². The maximum Gasteiger partial charge on any atom is 0.273 e. The van der Waals surface area contributed by atoms with Crippen molar-refractivity contribution in [2.45, 2.75) is 19.6 Å². The summed E-state index contributed by atoms with van der Waals surface area (Å²) in [5, 5.41) is 2.72. The van der Waals surface area contributed by atoms with Gasteiger partial charge in [0.1, 0.15) is 23.7 Å². The summed E-state index contributed by atoms with van der Waals surface area (Å²) in [5.41, 5.74) is 0.582. The molecule has 7 nitrogen and oxygen atoms in total. The summed E-state index contributed by atoms with van der Waals surface area (Å²) in [6.07, 6.45) is 2.89. The zero-order valence-corrected chi connectivity index (χ0v) is 16.3. The van der Waals surface area contributed by atoms with E-state index in [0.29, 0.717) is 43.4 Å². The van der Waals surface area contributed by atoms with Gasteiger partial charge in [-0.05, 0) is 30.3 Å². The van der Waals surface area contributed by atoms with Crippen molar-refractivity contribution in [2.75, 3.05) is 26.2 Å². The normalized spacial score (nSPS) is 15.4. The molecular formula is C21H22F2N4O3. The second-order valence-electron chi connectivity index (χ2n) is 7.18. The first-order valence-electron chi connectivity index (χ1n) is 9.70. The zero-order valence-electron chi connectivity index (χ0n) is 16.3. The molecule has 0 radical (unpaired) electrons. The molecule has 0 atom stereocenters. The SMILES string of the molecule is O=C(NCc1ccco1)c1coc(CN2CCN(Cc3cc(F)ccc3F)CC2)n1. The van der Waals surface area contributed by atoms with E-state index in [2.05, 4.69) is 20.1 Å². The van der Waals surface area contributed by atoms with Crippen LogP contribution in [0.1, 0.15) is 27.7 Å². The number of aromatic nitrogens is 1. The van der Waals surface area contributed by atoms with E-state index in [1.807, 2.05) is 0 Å². The van der Waals surface area contributed by atoms with Gasteiger partial charge in [0.25, 0.3) is 5.91 Å². The fraction of sp³-hybridized carbons (Fsp3) is 0.333. The van der Waals surface area contributed by atoms with Crippen LogP contribution in [0.2, 0.25) is 0 Å². The largest absolute Gasteiger partial charge is 0.467 e. The van der Waals surface area contributed by atoms with Crippen molar-refractivity contribution in [3.05, 3.63) is 77.4 Å². The molecule has 1 amide bonds. The lowest BCUT2D eigenvalue weighted by molar-refractivity contribution is 0.0942. The van der Waals surface area contributed by atoms with Crippen LogP contribution in [0, 0.1) is 11.6 Å². The number of nitrogens with zero attached hydrogens (tertiary/aromatic N) is 3. The zero-order chi connectivity index (χ0) is 20.9. The van der Waals surface area contributed by atoms with Gasteiger partial charge >= 0.3 is 0 Å². The highest BCUT2D eigenvalue weighted by Gasteiger charge is 2.21. The average molecular weight is 416 g/mol. The van der Waals surface area contributed by atoms with Gasteiger partial charge in [0.05, 0.1) is 19.4 Å². The Morgan fingerprint density at radius 1 is 1.07 bits per heavy atom. The van der Waals surface area contributed by atoms with E-state index in [1.165, 1.54) is 12.3 Å². The lowest BCUT2D eigenvalue weighted by Crippen LogP contribution is -2.45. The molecule has 1 saturated heterocycles. The van der Waals surface area contributed by atoms with Crippen LogP contribution in [-0.2, 0) is 19.6 Å². The van der Waals surface area contributed by atoms with Crippen LogP contribution < -0.4 is 5.32 Å². The molecule has 1 aliphatic heterocycles. The number of piperazine rings is 1. The average Bonchev–Trinajstić information content (AvgIpc) is 3.43. The third-order valence-electron chi connectivity index (χ3n) is 5.01. The molecule has 0 spiro atoms. The molecule has 3 aromatic rings. The molecule has 3 heterocycles. The number of oxazole rings is 1. The second kappa shape index (κ2) is 9.19. The molecule has 0 aliphatic carbocycles. The third kappa shape index (κ3) is 5.11. The van der Waals surface area contributed by atoms with Crippen molar-refractivity contribution in [3.63, 3.8) is 0 Å². The van der Waals surface area contributed by atoms with Crippen molar-refractivity contribution in [1.29, 1.82) is 0 Å². The minimum atomic E-state index is -0.432. The number of amides is 1. The minimum absolute atomic E-state index is 0.219. The molecule has 158 valence electrons. The van der Waals surface area contributed by atoms with E-state index in [-0.39, 0.29) is 18.1 Å². The van der Waals surface area contributed by atoms with Crippen LogP contribution >= 0.6 is 0 Å². The van der Waals surface area contributed by atoms with Gasteiger partial charge in [0.2, 0.25) is 5.89 Å². The molecular weight excluding hydrogens is 394 g/mol. The summed E-state index contributed by atoms with van der Waals surface area (Å²) in [5.74, 6) is -0.0384. The Hall–Kier alpha value is -3.04. The van der Waals surface area contributed by atoms with Crippen LogP contribution in [0.25, 0.3) is 0 Å². The molecule has 4 rings (SSSR count). The predicted octanol–water partition coefficient (Wildman–Crippen LogP) is 2.79. The molecule has 0 saturated carbocycles. The molecule has 1 fully saturated rings. The standard InChI is InChI=1S/C21H22F2N4O3/c22-16-3-4-18(23)15(10-16)12-26-5-7-27(8-6-26)13-20-25-19(14-30-20)21(28)24-11-17-2-1-9-29-17/h1-4,9-10,14H,5-8,11-13H2,(H,24,28). The highest BCUT2D eigenvalue weighted by atomic mass is 19.1. The number of hydrogen-bond acceptors (Lipinski definition) is 6. The van der Waals surface area contributed by atoms with Crippen LogP contribution in [0.15, 0.2) is 51.7 Å². The first kappa shape index (κ1) is 20.2. The van der Waals surface area contributed by atoms with E-state index in [4.69, 9.17) is 8.83 Å². The maximum absolute atomic E-state index is 13.8. The summed E-state index contributed by atoms with van der Waals surface area (Å²) in [6, 6.07) is 7.05. The highest BCUT2D eigenvalue weighted by Crippen LogP contribution is 2.15. The molecule has 2 aromatic heterocycles. The monoisotopic (exact) mass is 416 g/mol. The summed E-state index contributed by atoms with van der Waals surface area (Å²) in [7, 11) is 0. The van der Waals surface area contributed by atoms with Gasteiger partial charge < -0.3 is 14.2 Å². The van der Waals surface area contributed by atoms with Crippen molar-refractivity contribution in [2.24, 2.45) is 0 Å². The molecule has 30 heavy (non-hydrogen) atoms. The number of furan rings is 1. The summed E-state index contributed by atoms with van der Waals surface area (Å²) >= 11 is 0. The lowest BCUT2D eigenvalue weighted by atomic mass is 10.1. The lowest BCUT2D eigenvalue weighted by Gasteiger charge is -2.34. The fourth-order valence-corrected chi connectivity index (χ4v) is 3.36. The highest BCUT2D eigenvalue weighted by molar-refractivity contribution is 5.91. The Bertz CT molecular complexity index is 982. The van der Waals surface area contributed by atoms with Gasteiger partial charge in [0, 0.05) is 38.3 Å². The topological polar surface area (TPSA) is 74.8 Å². The quantitative estimate of drug-likeness (QED) is 0.639. The molecule has 1 N–H and O–H groups in total. The maximum atomic E-state index is 13.8. The van der Waals surface area contributed by atoms with Crippen molar-refractivity contribution < 1.29 is 22.4 Å². The van der Waals surface area contributed by atoms with E-state index in [1.54, 1.807) is 18.4 Å². The number of carbonyl (C=O) groups is 1. The Morgan fingerprint density at radius 2 is 1.83 bits per heavy atom. The Labute approximate surface area is 172 Å². The number of rotatable bonds is 7. The Morgan fingerprint density at radius 3 is 2.57 bits per heavy atom. The molecule has 9 heteroatoms. The van der Waals surface area contributed by atoms with E-state index >= 15 is 0 Å². The van der Waals surface area contributed by atoms with Crippen molar-refractivity contribution in [1.82, 2.24) is 20.1 Å². The number of carbonyl (C=O) groups excluding carboxylic acids is 1. The fourth-order valence-electron chi connectivity index (χ4n) is 3.36. The molecule has 0 bridgehead atoms. The third-order valence-corrected chi connectivity index (χ3v) is 5.01. The van der Waals surface area contributed by atoms with E-state index < -0.39 is 11.6 Å². The summed E-state index contributed by atoms with van der Waals surface area (Å²) < 4.78 is 37.8. The number of nitrogens with one attached hydrogen (secondary N) is 1. The Balaban J connectivity index is 1.24. The molecule has 0 unspecified atom stereocenters. The van der Waals surface area contributed by atoms with Gasteiger partial charge in [-0.2, -0.15) is 0 Å². The summed E-state index contributed by atoms with van der Waals surface area (Å²) in [6.45, 7) is 4.03. The van der Waals surface area contributed by atoms with Crippen molar-refractivity contribution in [3.8, 4) is 0 Å². The Kier molecular flexibility index (Phi) is 6.20. The van der Waals surface area contributed by atoms with E-state index in [9.17, 15) is 13.6 Å². The predicted molar refractivity (Wildman–Crippen MR) is 103 cm³/mol. The number of hydrogen-bond donors (Lipinski definition) is 1. The smallest absolute Gasteiger partial charge is 0.273 e.